The Hall–Kier alpha value is -1.76. The van der Waals surface area contributed by atoms with Crippen molar-refractivity contribution in [3.63, 3.8) is 0 Å². The van der Waals surface area contributed by atoms with Crippen LogP contribution in [-0.4, -0.2) is 25.2 Å². The van der Waals surface area contributed by atoms with Crippen molar-refractivity contribution < 1.29 is 19.1 Å². The lowest BCUT2D eigenvalue weighted by Crippen LogP contribution is -2.42. The Balaban J connectivity index is 5.70. The number of ether oxygens (including phenoxy) is 2. The minimum atomic E-state index is -1.27. The van der Waals surface area contributed by atoms with Crippen molar-refractivity contribution in [2.24, 2.45) is 22.7 Å². The van der Waals surface area contributed by atoms with E-state index in [0.717, 1.165) is 0 Å². The minimum absolute atomic E-state index is 0.0613. The van der Waals surface area contributed by atoms with Crippen LogP contribution in [0.1, 0.15) is 94.4 Å². The molecule has 0 bridgehead atoms. The Morgan fingerprint density at radius 3 is 1.80 bits per heavy atom. The normalized spacial score (nSPS) is 11.7. The number of hydrogen-bond acceptors (Lipinski definition) is 4. The van der Waals surface area contributed by atoms with E-state index >= 15 is 0 Å². The third-order valence-electron chi connectivity index (χ3n) is 4.99. The van der Waals surface area contributed by atoms with Gasteiger partial charge < -0.3 is 9.47 Å². The van der Waals surface area contributed by atoms with Gasteiger partial charge in [-0.05, 0) is 72.1 Å². The Labute approximate surface area is 185 Å². The average molecular weight is 421 g/mol. The fourth-order valence-corrected chi connectivity index (χ4v) is 3.58. The van der Waals surface area contributed by atoms with Crippen LogP contribution in [0.4, 0.5) is 0 Å². The molecule has 0 atom stereocenters. The summed E-state index contributed by atoms with van der Waals surface area (Å²) >= 11 is 0. The van der Waals surface area contributed by atoms with Crippen LogP contribution >= 0.6 is 0 Å². The highest BCUT2D eigenvalue weighted by molar-refractivity contribution is 6.00. The van der Waals surface area contributed by atoms with E-state index in [1.165, 1.54) is 5.57 Å². The molecule has 0 radical (unpaired) electrons. The third kappa shape index (κ3) is 9.83. The molecule has 0 saturated carbocycles. The molecule has 0 aromatic rings. The maximum absolute atomic E-state index is 13.0. The summed E-state index contributed by atoms with van der Waals surface area (Å²) in [7, 11) is 0. The first-order valence-corrected chi connectivity index (χ1v) is 11.5. The van der Waals surface area contributed by atoms with Gasteiger partial charge in [0.15, 0.2) is 5.41 Å². The lowest BCUT2D eigenvalue weighted by molar-refractivity contribution is -0.173. The fraction of sp³-hybridized carbons (Fsp3) is 0.769. The van der Waals surface area contributed by atoms with E-state index in [4.69, 9.17) is 9.47 Å². The monoisotopic (exact) mass is 420 g/mol. The first-order valence-electron chi connectivity index (χ1n) is 11.5. The van der Waals surface area contributed by atoms with Gasteiger partial charge in [-0.25, -0.2) is 0 Å². The highest BCUT2D eigenvalue weighted by Gasteiger charge is 2.47. The second kappa shape index (κ2) is 13.5. The zero-order valence-corrected chi connectivity index (χ0v) is 20.8. The minimum Gasteiger partial charge on any atom is -0.465 e. The average Bonchev–Trinajstić information content (AvgIpc) is 2.61. The molecule has 0 aliphatic heterocycles. The summed E-state index contributed by atoms with van der Waals surface area (Å²) < 4.78 is 10.7. The first kappa shape index (κ1) is 28.2. The number of allylic oxidation sites excluding steroid dienone is 2. The Bertz CT molecular complexity index is 596. The Morgan fingerprint density at radius 1 is 0.900 bits per heavy atom. The molecule has 0 saturated heterocycles. The van der Waals surface area contributed by atoms with Crippen LogP contribution < -0.4 is 0 Å². The van der Waals surface area contributed by atoms with E-state index in [9.17, 15) is 9.59 Å². The van der Waals surface area contributed by atoms with Gasteiger partial charge in [-0.3, -0.25) is 9.59 Å². The summed E-state index contributed by atoms with van der Waals surface area (Å²) in [5.41, 5.74) is 0.00636. The molecule has 0 aromatic heterocycles. The van der Waals surface area contributed by atoms with E-state index in [-0.39, 0.29) is 18.6 Å². The van der Waals surface area contributed by atoms with Crippen molar-refractivity contribution in [1.82, 2.24) is 0 Å². The van der Waals surface area contributed by atoms with Gasteiger partial charge in [0.25, 0.3) is 0 Å². The van der Waals surface area contributed by atoms with Crippen molar-refractivity contribution >= 4 is 11.9 Å². The summed E-state index contributed by atoms with van der Waals surface area (Å²) in [6, 6.07) is 0. The summed E-state index contributed by atoms with van der Waals surface area (Å²) in [4.78, 5) is 25.9. The van der Waals surface area contributed by atoms with Gasteiger partial charge >= 0.3 is 11.9 Å². The maximum atomic E-state index is 13.0. The van der Waals surface area contributed by atoms with Gasteiger partial charge in [0.05, 0.1) is 13.2 Å². The molecule has 0 N–H and O–H groups in total. The van der Waals surface area contributed by atoms with Gasteiger partial charge in [0.1, 0.15) is 0 Å². The third-order valence-corrected chi connectivity index (χ3v) is 4.99. The highest BCUT2D eigenvalue weighted by Crippen LogP contribution is 2.35. The van der Waals surface area contributed by atoms with Crippen molar-refractivity contribution in [3.05, 3.63) is 11.6 Å². The standard InChI is InChI=1S/C26H44O4/c1-10-29-23(27)26(24(28)30-11-2,18-14-12-13-17-25(7,8)9)19-15-16-22(20(3)4)21(5)6/h16,20-21H,10-12,14-15,18-19H2,1-9H3. The zero-order valence-electron chi connectivity index (χ0n) is 20.8. The van der Waals surface area contributed by atoms with Gasteiger partial charge in [0, 0.05) is 11.8 Å². The second-order valence-corrected chi connectivity index (χ2v) is 9.48. The number of carbonyl (C=O) groups is 2. The van der Waals surface area contributed by atoms with Crippen LogP contribution in [0.5, 0.6) is 0 Å². The molecule has 30 heavy (non-hydrogen) atoms. The van der Waals surface area contributed by atoms with Gasteiger partial charge in [0.2, 0.25) is 0 Å². The van der Waals surface area contributed by atoms with E-state index in [1.54, 1.807) is 13.8 Å². The van der Waals surface area contributed by atoms with Gasteiger partial charge in [-0.15, -0.1) is 5.92 Å². The van der Waals surface area contributed by atoms with Crippen LogP contribution in [0.2, 0.25) is 0 Å². The zero-order chi connectivity index (χ0) is 23.4. The van der Waals surface area contributed by atoms with Gasteiger partial charge in [-0.1, -0.05) is 45.3 Å². The summed E-state index contributed by atoms with van der Waals surface area (Å²) in [5, 5.41) is 0. The lowest BCUT2D eigenvalue weighted by atomic mass is 9.77. The Kier molecular flexibility index (Phi) is 12.7. The molecule has 0 aromatic carbocycles. The van der Waals surface area contributed by atoms with Crippen molar-refractivity contribution in [3.8, 4) is 11.8 Å². The molecular weight excluding hydrogens is 376 g/mol. The molecule has 0 spiro atoms. The highest BCUT2D eigenvalue weighted by atomic mass is 16.6. The quantitative estimate of drug-likeness (QED) is 0.122. The molecule has 4 heteroatoms. The van der Waals surface area contributed by atoms with Crippen molar-refractivity contribution in [2.75, 3.05) is 13.2 Å². The van der Waals surface area contributed by atoms with Crippen LogP contribution in [-0.2, 0) is 19.1 Å². The molecule has 0 aliphatic carbocycles. The maximum Gasteiger partial charge on any atom is 0.323 e. The van der Waals surface area contributed by atoms with Crippen molar-refractivity contribution in [1.29, 1.82) is 0 Å². The van der Waals surface area contributed by atoms with Crippen LogP contribution in [0.15, 0.2) is 11.6 Å². The van der Waals surface area contributed by atoms with E-state index in [2.05, 4.69) is 66.4 Å². The number of hydrogen-bond donors (Lipinski definition) is 0. The first-order chi connectivity index (χ1) is 13.9. The summed E-state index contributed by atoms with van der Waals surface area (Å²) in [6.45, 7) is 18.9. The SMILES string of the molecule is CCOC(=O)C(CCC=C(C(C)C)C(C)C)(CCCC#CC(C)(C)C)C(=O)OCC. The summed E-state index contributed by atoms with van der Waals surface area (Å²) in [6.07, 6.45) is 4.87. The number of unbranched alkanes of at least 4 members (excludes halogenated alkanes) is 1. The van der Waals surface area contributed by atoms with Gasteiger partial charge in [-0.2, -0.15) is 0 Å². The largest absolute Gasteiger partial charge is 0.465 e. The van der Waals surface area contributed by atoms with E-state index < -0.39 is 17.4 Å². The lowest BCUT2D eigenvalue weighted by Gasteiger charge is -2.29. The molecular formula is C26H44O4. The van der Waals surface area contributed by atoms with Crippen molar-refractivity contribution in [2.45, 2.75) is 94.4 Å². The van der Waals surface area contributed by atoms with Crippen LogP contribution in [0.25, 0.3) is 0 Å². The van der Waals surface area contributed by atoms with E-state index in [1.807, 2.05) is 0 Å². The predicted molar refractivity (Wildman–Crippen MR) is 124 cm³/mol. The molecule has 0 unspecified atom stereocenters. The topological polar surface area (TPSA) is 52.6 Å². The predicted octanol–water partition coefficient (Wildman–Crippen LogP) is 6.34. The number of esters is 2. The summed E-state index contributed by atoms with van der Waals surface area (Å²) in [5.74, 6) is 6.29. The molecule has 0 amide bonds. The molecule has 0 aliphatic rings. The smallest absolute Gasteiger partial charge is 0.323 e. The molecule has 0 rings (SSSR count). The molecule has 4 nitrogen and oxygen atoms in total. The van der Waals surface area contributed by atoms with E-state index in [0.29, 0.717) is 43.9 Å². The molecule has 0 heterocycles. The second-order valence-electron chi connectivity index (χ2n) is 9.48. The number of rotatable bonds is 12. The van der Waals surface area contributed by atoms with Crippen LogP contribution in [0, 0.1) is 34.5 Å². The fourth-order valence-electron chi connectivity index (χ4n) is 3.58. The molecule has 0 fully saturated rings. The number of carbonyl (C=O) groups excluding carboxylic acids is 2. The molecule has 172 valence electrons. The van der Waals surface area contributed by atoms with Crippen LogP contribution in [0.3, 0.4) is 0 Å². The Morgan fingerprint density at radius 2 is 1.40 bits per heavy atom.